The first-order valence-electron chi connectivity index (χ1n) is 6.03. The first kappa shape index (κ1) is 14.5. The minimum absolute atomic E-state index is 0.0608. The SMILES string of the molecule is CNC(CCC(=O)O)c1cc(C)c(OC)cc1C. The minimum Gasteiger partial charge on any atom is -0.496 e. The molecule has 0 amide bonds. The highest BCUT2D eigenvalue weighted by Gasteiger charge is 2.15. The van der Waals surface area contributed by atoms with E-state index in [9.17, 15) is 4.79 Å². The molecule has 1 aromatic carbocycles. The Morgan fingerprint density at radius 3 is 2.56 bits per heavy atom. The highest BCUT2D eigenvalue weighted by Crippen LogP contribution is 2.28. The molecule has 0 saturated carbocycles. The van der Waals surface area contributed by atoms with Crippen LogP contribution in [-0.4, -0.2) is 25.2 Å². The van der Waals surface area contributed by atoms with E-state index in [4.69, 9.17) is 9.84 Å². The molecule has 0 fully saturated rings. The molecule has 0 aromatic heterocycles. The van der Waals surface area contributed by atoms with Crippen molar-refractivity contribution >= 4 is 5.97 Å². The Morgan fingerprint density at radius 2 is 2.06 bits per heavy atom. The van der Waals surface area contributed by atoms with Crippen LogP contribution in [0.15, 0.2) is 12.1 Å². The molecule has 0 spiro atoms. The number of benzene rings is 1. The van der Waals surface area contributed by atoms with Crippen molar-refractivity contribution in [1.82, 2.24) is 5.32 Å². The van der Waals surface area contributed by atoms with Crippen molar-refractivity contribution < 1.29 is 14.6 Å². The molecule has 100 valence electrons. The number of rotatable bonds is 6. The second-order valence-electron chi connectivity index (χ2n) is 4.45. The van der Waals surface area contributed by atoms with Gasteiger partial charge in [0.15, 0.2) is 0 Å². The van der Waals surface area contributed by atoms with E-state index in [0.29, 0.717) is 6.42 Å². The lowest BCUT2D eigenvalue weighted by atomic mass is 9.95. The van der Waals surface area contributed by atoms with Crippen LogP contribution in [-0.2, 0) is 4.79 Å². The Hall–Kier alpha value is -1.55. The molecule has 0 aliphatic rings. The van der Waals surface area contributed by atoms with Crippen molar-refractivity contribution in [3.63, 3.8) is 0 Å². The third kappa shape index (κ3) is 3.47. The van der Waals surface area contributed by atoms with Crippen LogP contribution in [0, 0.1) is 13.8 Å². The maximum Gasteiger partial charge on any atom is 0.303 e. The molecule has 1 atom stereocenters. The number of aliphatic carboxylic acids is 1. The Bertz CT molecular complexity index is 429. The zero-order valence-electron chi connectivity index (χ0n) is 11.4. The molecule has 0 bridgehead atoms. The molecule has 0 heterocycles. The van der Waals surface area contributed by atoms with Gasteiger partial charge in [-0.05, 0) is 50.1 Å². The van der Waals surface area contributed by atoms with Crippen LogP contribution in [0.25, 0.3) is 0 Å². The Kier molecular flexibility index (Phi) is 5.16. The zero-order chi connectivity index (χ0) is 13.7. The summed E-state index contributed by atoms with van der Waals surface area (Å²) in [5, 5.41) is 11.9. The van der Waals surface area contributed by atoms with Crippen molar-refractivity contribution in [2.75, 3.05) is 14.2 Å². The number of hydrogen-bond donors (Lipinski definition) is 2. The van der Waals surface area contributed by atoms with Crippen LogP contribution in [0.2, 0.25) is 0 Å². The Labute approximate surface area is 108 Å². The van der Waals surface area contributed by atoms with Gasteiger partial charge in [-0.2, -0.15) is 0 Å². The standard InChI is InChI=1S/C14H21NO3/c1-9-8-13(18-4)10(2)7-11(9)12(15-3)5-6-14(16)17/h7-8,12,15H,5-6H2,1-4H3,(H,16,17). The van der Waals surface area contributed by atoms with Gasteiger partial charge in [0.05, 0.1) is 7.11 Å². The summed E-state index contributed by atoms with van der Waals surface area (Å²) >= 11 is 0. The van der Waals surface area contributed by atoms with Gasteiger partial charge in [-0.3, -0.25) is 4.79 Å². The number of carboxylic acid groups (broad SMARTS) is 1. The van der Waals surface area contributed by atoms with Gasteiger partial charge in [0.2, 0.25) is 0 Å². The molecule has 0 saturated heterocycles. The molecular weight excluding hydrogens is 230 g/mol. The van der Waals surface area contributed by atoms with Crippen molar-refractivity contribution in [3.05, 3.63) is 28.8 Å². The number of nitrogens with one attached hydrogen (secondary N) is 1. The number of carboxylic acids is 1. The molecule has 18 heavy (non-hydrogen) atoms. The van der Waals surface area contributed by atoms with Gasteiger partial charge in [-0.15, -0.1) is 0 Å². The molecule has 0 radical (unpaired) electrons. The fourth-order valence-electron chi connectivity index (χ4n) is 2.13. The predicted molar refractivity (Wildman–Crippen MR) is 71.1 cm³/mol. The summed E-state index contributed by atoms with van der Waals surface area (Å²) in [4.78, 5) is 10.7. The third-order valence-electron chi connectivity index (χ3n) is 3.15. The largest absolute Gasteiger partial charge is 0.496 e. The number of methoxy groups -OCH3 is 1. The van der Waals surface area contributed by atoms with Crippen LogP contribution >= 0.6 is 0 Å². The van der Waals surface area contributed by atoms with E-state index in [1.165, 1.54) is 0 Å². The molecule has 0 aliphatic heterocycles. The second kappa shape index (κ2) is 6.40. The van der Waals surface area contributed by atoms with Gasteiger partial charge >= 0.3 is 5.97 Å². The maximum atomic E-state index is 10.7. The van der Waals surface area contributed by atoms with Crippen LogP contribution in [0.3, 0.4) is 0 Å². The maximum absolute atomic E-state index is 10.7. The van der Waals surface area contributed by atoms with Gasteiger partial charge in [-0.1, -0.05) is 6.07 Å². The zero-order valence-corrected chi connectivity index (χ0v) is 11.4. The van der Waals surface area contributed by atoms with Crippen molar-refractivity contribution in [2.24, 2.45) is 0 Å². The van der Waals surface area contributed by atoms with E-state index in [-0.39, 0.29) is 12.5 Å². The molecule has 1 unspecified atom stereocenters. The highest BCUT2D eigenvalue weighted by molar-refractivity contribution is 5.66. The molecule has 4 heteroatoms. The average molecular weight is 251 g/mol. The molecular formula is C14H21NO3. The summed E-state index contributed by atoms with van der Waals surface area (Å²) in [5.74, 6) is 0.0995. The first-order chi connectivity index (χ1) is 8.49. The van der Waals surface area contributed by atoms with E-state index in [2.05, 4.69) is 11.4 Å². The second-order valence-corrected chi connectivity index (χ2v) is 4.45. The Balaban J connectivity index is 2.98. The minimum atomic E-state index is -0.766. The summed E-state index contributed by atoms with van der Waals surface area (Å²) in [5.41, 5.74) is 3.31. The third-order valence-corrected chi connectivity index (χ3v) is 3.15. The Morgan fingerprint density at radius 1 is 1.39 bits per heavy atom. The predicted octanol–water partition coefficient (Wildman–Crippen LogP) is 2.44. The first-order valence-corrected chi connectivity index (χ1v) is 6.03. The summed E-state index contributed by atoms with van der Waals surface area (Å²) in [6.07, 6.45) is 0.745. The average Bonchev–Trinajstić information content (AvgIpc) is 2.33. The smallest absolute Gasteiger partial charge is 0.303 e. The van der Waals surface area contributed by atoms with E-state index in [1.807, 2.05) is 27.0 Å². The van der Waals surface area contributed by atoms with E-state index >= 15 is 0 Å². The van der Waals surface area contributed by atoms with E-state index in [0.717, 1.165) is 22.4 Å². The van der Waals surface area contributed by atoms with E-state index in [1.54, 1.807) is 7.11 Å². The van der Waals surface area contributed by atoms with Crippen LogP contribution in [0.1, 0.15) is 35.6 Å². The summed E-state index contributed by atoms with van der Waals surface area (Å²) < 4.78 is 5.28. The molecule has 0 aliphatic carbocycles. The van der Waals surface area contributed by atoms with Gasteiger partial charge in [0.1, 0.15) is 5.75 Å². The lowest BCUT2D eigenvalue weighted by Gasteiger charge is -2.20. The fraction of sp³-hybridized carbons (Fsp3) is 0.500. The van der Waals surface area contributed by atoms with Gasteiger partial charge in [0, 0.05) is 12.5 Å². The topological polar surface area (TPSA) is 58.6 Å². The van der Waals surface area contributed by atoms with Crippen molar-refractivity contribution in [2.45, 2.75) is 32.7 Å². The monoisotopic (exact) mass is 251 g/mol. The molecule has 1 aromatic rings. The quantitative estimate of drug-likeness (QED) is 0.815. The number of ether oxygens (including phenoxy) is 1. The lowest BCUT2D eigenvalue weighted by molar-refractivity contribution is -0.137. The lowest BCUT2D eigenvalue weighted by Crippen LogP contribution is -2.19. The summed E-state index contributed by atoms with van der Waals surface area (Å²) in [6.45, 7) is 4.01. The van der Waals surface area contributed by atoms with Crippen molar-refractivity contribution in [1.29, 1.82) is 0 Å². The van der Waals surface area contributed by atoms with Gasteiger partial charge < -0.3 is 15.2 Å². The summed E-state index contributed by atoms with van der Waals surface area (Å²) in [6, 6.07) is 4.12. The molecule has 4 nitrogen and oxygen atoms in total. The van der Waals surface area contributed by atoms with Crippen LogP contribution in [0.4, 0.5) is 0 Å². The van der Waals surface area contributed by atoms with Crippen molar-refractivity contribution in [3.8, 4) is 5.75 Å². The van der Waals surface area contributed by atoms with E-state index < -0.39 is 5.97 Å². The highest BCUT2D eigenvalue weighted by atomic mass is 16.5. The number of hydrogen-bond acceptors (Lipinski definition) is 3. The van der Waals surface area contributed by atoms with Crippen LogP contribution in [0.5, 0.6) is 5.75 Å². The normalized spacial score (nSPS) is 12.2. The number of carbonyl (C=O) groups is 1. The molecule has 2 N–H and O–H groups in total. The molecule has 1 rings (SSSR count). The van der Waals surface area contributed by atoms with Gasteiger partial charge in [-0.25, -0.2) is 0 Å². The van der Waals surface area contributed by atoms with Crippen LogP contribution < -0.4 is 10.1 Å². The van der Waals surface area contributed by atoms with Gasteiger partial charge in [0.25, 0.3) is 0 Å². The number of aryl methyl sites for hydroxylation is 2. The summed E-state index contributed by atoms with van der Waals surface area (Å²) in [7, 11) is 3.51. The fourth-order valence-corrected chi connectivity index (χ4v) is 2.13.